The van der Waals surface area contributed by atoms with Gasteiger partial charge in [-0.15, -0.1) is 0 Å². The summed E-state index contributed by atoms with van der Waals surface area (Å²) < 4.78 is 13.1. The van der Waals surface area contributed by atoms with Crippen LogP contribution in [0.4, 0.5) is 5.82 Å². The van der Waals surface area contributed by atoms with Gasteiger partial charge in [0, 0.05) is 44.9 Å². The minimum Gasteiger partial charge on any atom is -0.352 e. The molecule has 0 aromatic carbocycles. The molecule has 3 heterocycles. The molecule has 0 atom stereocenters. The number of hydrogen-bond acceptors (Lipinski definition) is 5. The molecular weight excluding hydrogens is 258 g/mol. The van der Waals surface area contributed by atoms with Crippen LogP contribution in [0, 0.1) is 0 Å². The SMILES string of the molecule is CCCn1ccnc(N2CCC3(CC2)OCCO3)c1=O. The van der Waals surface area contributed by atoms with Crippen molar-refractivity contribution in [2.75, 3.05) is 31.2 Å². The second-order valence-corrected chi connectivity index (χ2v) is 5.34. The van der Waals surface area contributed by atoms with Crippen molar-refractivity contribution in [1.82, 2.24) is 9.55 Å². The molecule has 6 heteroatoms. The zero-order chi connectivity index (χ0) is 14.0. The highest BCUT2D eigenvalue weighted by Crippen LogP contribution is 2.31. The van der Waals surface area contributed by atoms with E-state index in [0.29, 0.717) is 19.0 Å². The molecule has 3 rings (SSSR count). The quantitative estimate of drug-likeness (QED) is 0.826. The van der Waals surface area contributed by atoms with E-state index in [4.69, 9.17) is 9.47 Å². The monoisotopic (exact) mass is 279 g/mol. The Morgan fingerprint density at radius 2 is 2.00 bits per heavy atom. The molecule has 0 amide bonds. The van der Waals surface area contributed by atoms with E-state index in [1.54, 1.807) is 17.0 Å². The van der Waals surface area contributed by atoms with E-state index in [-0.39, 0.29) is 5.56 Å². The Labute approximate surface area is 118 Å². The molecule has 0 unspecified atom stereocenters. The summed E-state index contributed by atoms with van der Waals surface area (Å²) in [7, 11) is 0. The highest BCUT2D eigenvalue weighted by atomic mass is 16.7. The van der Waals surface area contributed by atoms with Crippen LogP contribution in [0.1, 0.15) is 26.2 Å². The lowest BCUT2D eigenvalue weighted by atomic mass is 10.0. The summed E-state index contributed by atoms with van der Waals surface area (Å²) in [5.41, 5.74) is -0.00133. The Morgan fingerprint density at radius 3 is 2.65 bits per heavy atom. The van der Waals surface area contributed by atoms with Gasteiger partial charge in [-0.2, -0.15) is 0 Å². The van der Waals surface area contributed by atoms with E-state index in [1.807, 2.05) is 4.90 Å². The molecule has 1 spiro atoms. The van der Waals surface area contributed by atoms with Gasteiger partial charge in [0.25, 0.3) is 5.56 Å². The number of nitrogens with zero attached hydrogens (tertiary/aromatic N) is 3. The van der Waals surface area contributed by atoms with E-state index in [1.165, 1.54) is 0 Å². The van der Waals surface area contributed by atoms with Crippen molar-refractivity contribution in [2.24, 2.45) is 0 Å². The molecule has 0 N–H and O–H groups in total. The zero-order valence-electron chi connectivity index (χ0n) is 11.9. The summed E-state index contributed by atoms with van der Waals surface area (Å²) >= 11 is 0. The number of ether oxygens (including phenoxy) is 2. The van der Waals surface area contributed by atoms with Gasteiger partial charge in [-0.3, -0.25) is 4.79 Å². The molecule has 6 nitrogen and oxygen atoms in total. The molecule has 0 radical (unpaired) electrons. The van der Waals surface area contributed by atoms with E-state index >= 15 is 0 Å². The molecule has 2 aliphatic rings. The summed E-state index contributed by atoms with van der Waals surface area (Å²) in [6.07, 6.45) is 5.98. The van der Waals surface area contributed by atoms with Gasteiger partial charge in [-0.1, -0.05) is 6.92 Å². The van der Waals surface area contributed by atoms with Crippen LogP contribution in [0.3, 0.4) is 0 Å². The number of aryl methyl sites for hydroxylation is 1. The fourth-order valence-corrected chi connectivity index (χ4v) is 2.91. The van der Waals surface area contributed by atoms with Gasteiger partial charge in [0.2, 0.25) is 0 Å². The number of piperidine rings is 1. The molecule has 20 heavy (non-hydrogen) atoms. The summed E-state index contributed by atoms with van der Waals surface area (Å²) in [5.74, 6) is 0.141. The maximum Gasteiger partial charge on any atom is 0.293 e. The predicted molar refractivity (Wildman–Crippen MR) is 74.9 cm³/mol. The summed E-state index contributed by atoms with van der Waals surface area (Å²) in [6.45, 7) is 5.64. The van der Waals surface area contributed by atoms with Gasteiger partial charge in [0.15, 0.2) is 11.6 Å². The largest absolute Gasteiger partial charge is 0.352 e. The highest BCUT2D eigenvalue weighted by molar-refractivity contribution is 5.36. The third-order valence-corrected chi connectivity index (χ3v) is 4.00. The Balaban J connectivity index is 1.75. The van der Waals surface area contributed by atoms with Gasteiger partial charge in [-0.25, -0.2) is 4.98 Å². The summed E-state index contributed by atoms with van der Waals surface area (Å²) in [4.78, 5) is 18.7. The first-order valence-electron chi connectivity index (χ1n) is 7.32. The average molecular weight is 279 g/mol. The van der Waals surface area contributed by atoms with Crippen LogP contribution in [0.25, 0.3) is 0 Å². The van der Waals surface area contributed by atoms with Crippen LogP contribution in [0.15, 0.2) is 17.2 Å². The van der Waals surface area contributed by atoms with Crippen molar-refractivity contribution in [3.8, 4) is 0 Å². The summed E-state index contributed by atoms with van der Waals surface area (Å²) in [6, 6.07) is 0. The van der Waals surface area contributed by atoms with Crippen molar-refractivity contribution >= 4 is 5.82 Å². The van der Waals surface area contributed by atoms with Crippen LogP contribution in [0.2, 0.25) is 0 Å². The fourth-order valence-electron chi connectivity index (χ4n) is 2.91. The lowest BCUT2D eigenvalue weighted by Gasteiger charge is -2.37. The van der Waals surface area contributed by atoms with Crippen molar-refractivity contribution < 1.29 is 9.47 Å². The maximum atomic E-state index is 12.4. The van der Waals surface area contributed by atoms with Crippen LogP contribution >= 0.6 is 0 Å². The molecule has 0 bridgehead atoms. The molecule has 1 aromatic rings. The van der Waals surface area contributed by atoms with Crippen LogP contribution in [-0.4, -0.2) is 41.6 Å². The predicted octanol–water partition coefficient (Wildman–Crippen LogP) is 0.997. The topological polar surface area (TPSA) is 56.6 Å². The minimum atomic E-state index is -0.409. The third kappa shape index (κ3) is 2.45. The van der Waals surface area contributed by atoms with Crippen molar-refractivity contribution in [2.45, 2.75) is 38.5 Å². The van der Waals surface area contributed by atoms with E-state index < -0.39 is 5.79 Å². The normalized spacial score (nSPS) is 21.6. The molecular formula is C14H21N3O3. The number of anilines is 1. The minimum absolute atomic E-state index is 0.00133. The van der Waals surface area contributed by atoms with Gasteiger partial charge in [-0.05, 0) is 6.42 Å². The summed E-state index contributed by atoms with van der Waals surface area (Å²) in [5, 5.41) is 0. The first-order valence-corrected chi connectivity index (χ1v) is 7.32. The Bertz CT molecular complexity index is 513. The zero-order valence-corrected chi connectivity index (χ0v) is 11.9. The Kier molecular flexibility index (Phi) is 3.76. The van der Waals surface area contributed by atoms with Gasteiger partial charge < -0.3 is 18.9 Å². The molecule has 0 aliphatic carbocycles. The van der Waals surface area contributed by atoms with Crippen molar-refractivity contribution in [3.63, 3.8) is 0 Å². The smallest absolute Gasteiger partial charge is 0.293 e. The van der Waals surface area contributed by atoms with Crippen molar-refractivity contribution in [3.05, 3.63) is 22.7 Å². The highest BCUT2D eigenvalue weighted by Gasteiger charge is 2.40. The first kappa shape index (κ1) is 13.6. The second kappa shape index (κ2) is 5.54. The Morgan fingerprint density at radius 1 is 1.30 bits per heavy atom. The third-order valence-electron chi connectivity index (χ3n) is 4.00. The average Bonchev–Trinajstić information content (AvgIpc) is 2.91. The van der Waals surface area contributed by atoms with Crippen LogP contribution in [-0.2, 0) is 16.0 Å². The molecule has 2 fully saturated rings. The van der Waals surface area contributed by atoms with E-state index in [2.05, 4.69) is 11.9 Å². The maximum absolute atomic E-state index is 12.4. The molecule has 0 saturated carbocycles. The van der Waals surface area contributed by atoms with Crippen LogP contribution < -0.4 is 10.5 Å². The first-order chi connectivity index (χ1) is 9.74. The fraction of sp³-hybridized carbons (Fsp3) is 0.714. The Hall–Kier alpha value is -1.40. The van der Waals surface area contributed by atoms with Gasteiger partial charge in [0.05, 0.1) is 13.2 Å². The number of hydrogen-bond donors (Lipinski definition) is 0. The van der Waals surface area contributed by atoms with E-state index in [0.717, 1.165) is 38.9 Å². The lowest BCUT2D eigenvalue weighted by Crippen LogP contribution is -2.47. The lowest BCUT2D eigenvalue weighted by molar-refractivity contribution is -0.169. The van der Waals surface area contributed by atoms with Gasteiger partial charge >= 0.3 is 0 Å². The van der Waals surface area contributed by atoms with Gasteiger partial charge in [0.1, 0.15) is 0 Å². The van der Waals surface area contributed by atoms with Crippen molar-refractivity contribution in [1.29, 1.82) is 0 Å². The standard InChI is InChI=1S/C14H21N3O3/c1-2-6-17-9-5-15-12(13(17)18)16-7-3-14(4-8-16)19-10-11-20-14/h5,9H,2-4,6-8,10-11H2,1H3. The number of aromatic nitrogens is 2. The molecule has 1 aromatic heterocycles. The second-order valence-electron chi connectivity index (χ2n) is 5.34. The van der Waals surface area contributed by atoms with Crippen LogP contribution in [0.5, 0.6) is 0 Å². The molecule has 110 valence electrons. The molecule has 2 saturated heterocycles. The number of rotatable bonds is 3. The van der Waals surface area contributed by atoms with E-state index in [9.17, 15) is 4.79 Å². The molecule has 2 aliphatic heterocycles.